The Balaban J connectivity index is 1.35. The molecule has 2 aromatic rings. The second kappa shape index (κ2) is 11.8. The number of para-hydroxylation sites is 1. The first-order chi connectivity index (χ1) is 14.8. The lowest BCUT2D eigenvalue weighted by Gasteiger charge is -2.36. The Morgan fingerprint density at radius 2 is 1.90 bits per heavy atom. The number of anilines is 1. The molecule has 8 heteroatoms. The minimum absolute atomic E-state index is 0.199. The largest absolute Gasteiger partial charge is 0.368 e. The van der Waals surface area contributed by atoms with Crippen LogP contribution >= 0.6 is 0 Å². The van der Waals surface area contributed by atoms with Gasteiger partial charge in [0.15, 0.2) is 5.96 Å². The third-order valence-corrected chi connectivity index (χ3v) is 5.10. The highest BCUT2D eigenvalue weighted by Crippen LogP contribution is 2.15. The molecule has 8 nitrogen and oxygen atoms in total. The number of carbonyl (C=O) groups excluding carboxylic acids is 1. The summed E-state index contributed by atoms with van der Waals surface area (Å²) in [6, 6.07) is 12.3. The molecule has 1 aromatic heterocycles. The Morgan fingerprint density at radius 1 is 1.10 bits per heavy atom. The number of carbonyl (C=O) groups is 1. The van der Waals surface area contributed by atoms with Gasteiger partial charge in [-0.05, 0) is 31.5 Å². The third-order valence-electron chi connectivity index (χ3n) is 5.10. The molecule has 0 radical (unpaired) electrons. The van der Waals surface area contributed by atoms with Crippen LogP contribution in [-0.2, 0) is 11.3 Å². The zero-order chi connectivity index (χ0) is 21.0. The van der Waals surface area contributed by atoms with Crippen LogP contribution in [-0.4, -0.2) is 72.4 Å². The summed E-state index contributed by atoms with van der Waals surface area (Å²) in [5.41, 5.74) is 1.23. The zero-order valence-electron chi connectivity index (χ0n) is 17.8. The summed E-state index contributed by atoms with van der Waals surface area (Å²) in [5, 5.41) is 10.7. The maximum atomic E-state index is 12.6. The number of piperazine rings is 1. The number of guanidine groups is 1. The molecule has 0 unspecified atom stereocenters. The molecule has 1 aliphatic rings. The van der Waals surface area contributed by atoms with Gasteiger partial charge in [-0.15, -0.1) is 0 Å². The van der Waals surface area contributed by atoms with Gasteiger partial charge in [0.25, 0.3) is 0 Å². The van der Waals surface area contributed by atoms with Crippen molar-refractivity contribution in [3.8, 4) is 0 Å². The summed E-state index contributed by atoms with van der Waals surface area (Å²) in [6.45, 7) is 8.28. The van der Waals surface area contributed by atoms with Crippen molar-refractivity contribution in [3.05, 3.63) is 48.8 Å². The number of hydrogen-bond donors (Lipinski definition) is 2. The normalized spacial score (nSPS) is 14.6. The van der Waals surface area contributed by atoms with Crippen LogP contribution in [0.25, 0.3) is 0 Å². The van der Waals surface area contributed by atoms with Gasteiger partial charge in [-0.1, -0.05) is 18.2 Å². The Labute approximate surface area is 179 Å². The number of aryl methyl sites for hydroxylation is 1. The predicted octanol–water partition coefficient (Wildman–Crippen LogP) is 1.57. The van der Waals surface area contributed by atoms with Gasteiger partial charge in [-0.3, -0.25) is 14.5 Å². The highest BCUT2D eigenvalue weighted by molar-refractivity contribution is 5.81. The fourth-order valence-electron chi connectivity index (χ4n) is 3.50. The van der Waals surface area contributed by atoms with Crippen LogP contribution in [0.15, 0.2) is 53.8 Å². The SMILES string of the molecule is CCNC(=NCCCn1cccn1)NCCC(=O)N1CCN(c2ccccc2)CC1. The molecule has 0 spiro atoms. The molecule has 30 heavy (non-hydrogen) atoms. The number of hydrogen-bond acceptors (Lipinski definition) is 4. The highest BCUT2D eigenvalue weighted by Gasteiger charge is 2.20. The smallest absolute Gasteiger partial charge is 0.224 e. The molecule has 0 bridgehead atoms. The lowest BCUT2D eigenvalue weighted by Crippen LogP contribution is -2.49. The van der Waals surface area contributed by atoms with Crippen molar-refractivity contribution in [2.45, 2.75) is 26.3 Å². The van der Waals surface area contributed by atoms with Crippen molar-refractivity contribution in [2.75, 3.05) is 50.7 Å². The molecule has 1 amide bonds. The summed E-state index contributed by atoms with van der Waals surface area (Å²) in [7, 11) is 0. The van der Waals surface area contributed by atoms with E-state index in [9.17, 15) is 4.79 Å². The molecule has 1 aliphatic heterocycles. The number of aliphatic imine (C=N–C) groups is 1. The number of aromatic nitrogens is 2. The Hall–Kier alpha value is -3.03. The van der Waals surface area contributed by atoms with E-state index in [0.717, 1.165) is 51.6 Å². The van der Waals surface area contributed by atoms with Crippen LogP contribution < -0.4 is 15.5 Å². The molecular formula is C22H33N7O. The van der Waals surface area contributed by atoms with Crippen LogP contribution in [0.3, 0.4) is 0 Å². The van der Waals surface area contributed by atoms with Gasteiger partial charge in [0.05, 0.1) is 0 Å². The Bertz CT molecular complexity index is 768. The quantitative estimate of drug-likeness (QED) is 0.372. The third kappa shape index (κ3) is 6.79. The minimum atomic E-state index is 0.199. The van der Waals surface area contributed by atoms with Crippen LogP contribution in [0, 0.1) is 0 Å². The predicted molar refractivity (Wildman–Crippen MR) is 121 cm³/mol. The maximum absolute atomic E-state index is 12.6. The van der Waals surface area contributed by atoms with E-state index in [2.05, 4.69) is 49.9 Å². The fraction of sp³-hybridized carbons (Fsp3) is 0.500. The minimum Gasteiger partial charge on any atom is -0.368 e. The van der Waals surface area contributed by atoms with Gasteiger partial charge in [-0.25, -0.2) is 0 Å². The monoisotopic (exact) mass is 411 g/mol. The lowest BCUT2D eigenvalue weighted by atomic mass is 10.2. The van der Waals surface area contributed by atoms with Gasteiger partial charge in [0.1, 0.15) is 0 Å². The first kappa shape index (κ1) is 21.7. The lowest BCUT2D eigenvalue weighted by molar-refractivity contribution is -0.131. The second-order valence-electron chi connectivity index (χ2n) is 7.26. The fourth-order valence-corrected chi connectivity index (χ4v) is 3.50. The molecular weight excluding hydrogens is 378 g/mol. The second-order valence-corrected chi connectivity index (χ2v) is 7.26. The van der Waals surface area contributed by atoms with E-state index in [1.807, 2.05) is 34.8 Å². The summed E-state index contributed by atoms with van der Waals surface area (Å²) in [4.78, 5) is 21.5. The number of benzene rings is 1. The summed E-state index contributed by atoms with van der Waals surface area (Å²) >= 11 is 0. The van der Waals surface area contributed by atoms with Gasteiger partial charge >= 0.3 is 0 Å². The standard InChI is InChI=1S/C22H33N7O/c1-2-23-22(24-11-6-14-29-15-7-12-26-29)25-13-10-21(30)28-18-16-27(17-19-28)20-8-4-3-5-9-20/h3-5,7-9,12,15H,2,6,10-11,13-14,16-19H2,1H3,(H2,23,24,25). The van der Waals surface area contributed by atoms with Crippen molar-refractivity contribution in [1.29, 1.82) is 0 Å². The summed E-state index contributed by atoms with van der Waals surface area (Å²) in [6.07, 6.45) is 5.14. The van der Waals surface area contributed by atoms with Crippen molar-refractivity contribution in [1.82, 2.24) is 25.3 Å². The molecule has 0 aliphatic carbocycles. The van der Waals surface area contributed by atoms with E-state index in [1.165, 1.54) is 5.69 Å². The molecule has 2 N–H and O–H groups in total. The molecule has 0 saturated carbocycles. The van der Waals surface area contributed by atoms with Crippen LogP contribution in [0.4, 0.5) is 5.69 Å². The van der Waals surface area contributed by atoms with Crippen molar-refractivity contribution in [2.24, 2.45) is 4.99 Å². The number of nitrogens with zero attached hydrogens (tertiary/aromatic N) is 5. The molecule has 1 fully saturated rings. The van der Waals surface area contributed by atoms with Crippen LogP contribution in [0.5, 0.6) is 0 Å². The van der Waals surface area contributed by atoms with Crippen LogP contribution in [0.2, 0.25) is 0 Å². The topological polar surface area (TPSA) is 77.8 Å². The highest BCUT2D eigenvalue weighted by atomic mass is 16.2. The first-order valence-corrected chi connectivity index (χ1v) is 10.8. The number of nitrogens with one attached hydrogen (secondary N) is 2. The average Bonchev–Trinajstić information content (AvgIpc) is 3.31. The molecule has 2 heterocycles. The molecule has 1 aromatic carbocycles. The Morgan fingerprint density at radius 3 is 2.60 bits per heavy atom. The zero-order valence-corrected chi connectivity index (χ0v) is 17.8. The first-order valence-electron chi connectivity index (χ1n) is 10.8. The Kier molecular flexibility index (Phi) is 8.56. The summed E-state index contributed by atoms with van der Waals surface area (Å²) in [5.74, 6) is 0.962. The van der Waals surface area contributed by atoms with E-state index < -0.39 is 0 Å². The van der Waals surface area contributed by atoms with Crippen molar-refractivity contribution in [3.63, 3.8) is 0 Å². The number of rotatable bonds is 9. The van der Waals surface area contributed by atoms with Crippen LogP contribution in [0.1, 0.15) is 19.8 Å². The van der Waals surface area contributed by atoms with E-state index >= 15 is 0 Å². The molecule has 162 valence electrons. The molecule has 3 rings (SSSR count). The van der Waals surface area contributed by atoms with Gasteiger partial charge < -0.3 is 20.4 Å². The maximum Gasteiger partial charge on any atom is 0.224 e. The number of amides is 1. The molecule has 0 atom stereocenters. The van der Waals surface area contributed by atoms with Crippen molar-refractivity contribution < 1.29 is 4.79 Å². The van der Waals surface area contributed by atoms with Gasteiger partial charge in [0.2, 0.25) is 5.91 Å². The summed E-state index contributed by atoms with van der Waals surface area (Å²) < 4.78 is 1.91. The van der Waals surface area contributed by atoms with E-state index in [1.54, 1.807) is 6.20 Å². The van der Waals surface area contributed by atoms with Gasteiger partial charge in [0, 0.05) is 76.9 Å². The van der Waals surface area contributed by atoms with E-state index in [-0.39, 0.29) is 5.91 Å². The van der Waals surface area contributed by atoms with Crippen molar-refractivity contribution >= 4 is 17.6 Å². The average molecular weight is 412 g/mol. The molecule has 1 saturated heterocycles. The van der Waals surface area contributed by atoms with E-state index in [4.69, 9.17) is 0 Å². The van der Waals surface area contributed by atoms with E-state index in [0.29, 0.717) is 19.5 Å². The van der Waals surface area contributed by atoms with Gasteiger partial charge in [-0.2, -0.15) is 5.10 Å².